The molecule has 1 aliphatic rings. The number of hydrogen-bond acceptors (Lipinski definition) is 4. The topological polar surface area (TPSA) is 78.3 Å². The summed E-state index contributed by atoms with van der Waals surface area (Å²) in [5.74, 6) is 0. The number of rotatable bonds is 7. The minimum atomic E-state index is -3.21. The zero-order valence-electron chi connectivity index (χ0n) is 14.4. The second-order valence-electron chi connectivity index (χ2n) is 5.68. The summed E-state index contributed by atoms with van der Waals surface area (Å²) in [7, 11) is -3.21. The molecule has 0 bridgehead atoms. The Balaban J connectivity index is 1.70. The average Bonchev–Trinajstić information content (AvgIpc) is 2.70. The molecule has 0 radical (unpaired) electrons. The Bertz CT molecular complexity index is 721. The quantitative estimate of drug-likeness (QED) is 0.445. The molecule has 0 aromatic heterocycles. The number of morpholine rings is 1. The van der Waals surface area contributed by atoms with Gasteiger partial charge in [-0.05, 0) is 11.1 Å². The van der Waals surface area contributed by atoms with Gasteiger partial charge in [-0.3, -0.25) is 4.57 Å². The standard InChI is InChI=1S/C18H22N5O2P/c24-26(23-11-13-25-14-12-23,21-19-15-17-7-3-1-4-8-17)22-20-16-18-9-5-2-6-10-18/h1-10,15-16H,11-14H2,(H2,21,22,24)/b19-15+,20-16+. The first-order valence-electron chi connectivity index (χ1n) is 8.40. The predicted molar refractivity (Wildman–Crippen MR) is 104 cm³/mol. The highest BCUT2D eigenvalue weighted by atomic mass is 31.2. The lowest BCUT2D eigenvalue weighted by molar-refractivity contribution is 0.0707. The van der Waals surface area contributed by atoms with Gasteiger partial charge in [-0.2, -0.15) is 10.2 Å². The van der Waals surface area contributed by atoms with Crippen molar-refractivity contribution in [3.05, 3.63) is 71.8 Å². The largest absolute Gasteiger partial charge is 0.379 e. The normalized spacial score (nSPS) is 16.2. The van der Waals surface area contributed by atoms with Crippen molar-refractivity contribution in [1.29, 1.82) is 0 Å². The van der Waals surface area contributed by atoms with Crippen LogP contribution in [0.3, 0.4) is 0 Å². The molecule has 0 atom stereocenters. The fraction of sp³-hybridized carbons (Fsp3) is 0.222. The van der Waals surface area contributed by atoms with Crippen molar-refractivity contribution >= 4 is 20.0 Å². The Labute approximate surface area is 153 Å². The maximum Gasteiger partial charge on any atom is 0.361 e. The van der Waals surface area contributed by atoms with Crippen LogP contribution in [-0.4, -0.2) is 43.4 Å². The summed E-state index contributed by atoms with van der Waals surface area (Å²) in [4.78, 5) is 0. The smallest absolute Gasteiger partial charge is 0.361 e. The maximum absolute atomic E-state index is 13.4. The van der Waals surface area contributed by atoms with Gasteiger partial charge >= 0.3 is 7.59 Å². The molecule has 8 heteroatoms. The molecule has 0 saturated carbocycles. The van der Waals surface area contributed by atoms with Gasteiger partial charge in [0.1, 0.15) is 0 Å². The highest BCUT2D eigenvalue weighted by molar-refractivity contribution is 7.57. The molecule has 1 fully saturated rings. The number of benzene rings is 2. The van der Waals surface area contributed by atoms with E-state index in [-0.39, 0.29) is 0 Å². The van der Waals surface area contributed by atoms with Crippen molar-refractivity contribution in [3.8, 4) is 0 Å². The molecule has 2 aromatic rings. The maximum atomic E-state index is 13.4. The van der Waals surface area contributed by atoms with Crippen LogP contribution in [0.1, 0.15) is 11.1 Å². The summed E-state index contributed by atoms with van der Waals surface area (Å²) < 4.78 is 20.5. The van der Waals surface area contributed by atoms with E-state index >= 15 is 0 Å². The molecule has 0 spiro atoms. The second kappa shape index (κ2) is 9.29. The average molecular weight is 371 g/mol. The van der Waals surface area contributed by atoms with Crippen LogP contribution in [0, 0.1) is 0 Å². The fourth-order valence-electron chi connectivity index (χ4n) is 2.43. The zero-order valence-corrected chi connectivity index (χ0v) is 15.3. The number of nitrogens with one attached hydrogen (secondary N) is 2. The molecule has 2 N–H and O–H groups in total. The highest BCUT2D eigenvalue weighted by Crippen LogP contribution is 2.41. The summed E-state index contributed by atoms with van der Waals surface area (Å²) in [6, 6.07) is 19.2. The van der Waals surface area contributed by atoms with Crippen LogP contribution in [0.25, 0.3) is 0 Å². The van der Waals surface area contributed by atoms with Crippen LogP contribution in [-0.2, 0) is 9.30 Å². The van der Waals surface area contributed by atoms with Crippen molar-refractivity contribution in [1.82, 2.24) is 15.1 Å². The van der Waals surface area contributed by atoms with Gasteiger partial charge in [0.05, 0.1) is 25.6 Å². The van der Waals surface area contributed by atoms with Crippen LogP contribution in [0.5, 0.6) is 0 Å². The van der Waals surface area contributed by atoms with Crippen LogP contribution >= 0.6 is 7.59 Å². The van der Waals surface area contributed by atoms with E-state index in [1.54, 1.807) is 17.1 Å². The van der Waals surface area contributed by atoms with Gasteiger partial charge in [0.25, 0.3) is 0 Å². The van der Waals surface area contributed by atoms with Gasteiger partial charge in [-0.25, -0.2) is 15.1 Å². The third-order valence-electron chi connectivity index (χ3n) is 3.80. The Morgan fingerprint density at radius 3 is 1.77 bits per heavy atom. The fourth-order valence-corrected chi connectivity index (χ4v) is 3.88. The van der Waals surface area contributed by atoms with Gasteiger partial charge in [-0.15, -0.1) is 0 Å². The van der Waals surface area contributed by atoms with E-state index in [4.69, 9.17) is 4.74 Å². The minimum absolute atomic E-state index is 0.526. The second-order valence-corrected chi connectivity index (χ2v) is 7.80. The molecule has 1 aliphatic heterocycles. The van der Waals surface area contributed by atoms with E-state index in [1.165, 1.54) is 0 Å². The number of nitrogens with zero attached hydrogens (tertiary/aromatic N) is 3. The zero-order chi connectivity index (χ0) is 18.1. The molecule has 0 amide bonds. The van der Waals surface area contributed by atoms with E-state index in [0.29, 0.717) is 26.3 Å². The van der Waals surface area contributed by atoms with Crippen LogP contribution in [0.15, 0.2) is 70.9 Å². The lowest BCUT2D eigenvalue weighted by Crippen LogP contribution is -2.40. The van der Waals surface area contributed by atoms with Gasteiger partial charge in [0.2, 0.25) is 0 Å². The van der Waals surface area contributed by atoms with Gasteiger partial charge in [0, 0.05) is 13.1 Å². The first kappa shape index (κ1) is 18.3. The monoisotopic (exact) mass is 371 g/mol. The number of hydrazone groups is 2. The highest BCUT2D eigenvalue weighted by Gasteiger charge is 2.31. The van der Waals surface area contributed by atoms with Crippen LogP contribution in [0.4, 0.5) is 0 Å². The third kappa shape index (κ3) is 5.26. The van der Waals surface area contributed by atoms with E-state index in [2.05, 4.69) is 20.6 Å². The number of ether oxygens (including phenoxy) is 1. The summed E-state index contributed by atoms with van der Waals surface area (Å²) in [6.45, 7) is 2.13. The molecule has 2 aromatic carbocycles. The minimum Gasteiger partial charge on any atom is -0.379 e. The van der Waals surface area contributed by atoms with Crippen molar-refractivity contribution in [3.63, 3.8) is 0 Å². The van der Waals surface area contributed by atoms with Gasteiger partial charge < -0.3 is 4.74 Å². The van der Waals surface area contributed by atoms with Crippen molar-refractivity contribution < 1.29 is 9.30 Å². The van der Waals surface area contributed by atoms with E-state index < -0.39 is 7.59 Å². The molecule has 26 heavy (non-hydrogen) atoms. The van der Waals surface area contributed by atoms with Crippen molar-refractivity contribution in [2.24, 2.45) is 10.2 Å². The molecular weight excluding hydrogens is 349 g/mol. The molecule has 3 rings (SSSR count). The Morgan fingerprint density at radius 1 is 0.846 bits per heavy atom. The molecule has 1 saturated heterocycles. The van der Waals surface area contributed by atoms with Gasteiger partial charge in [0.15, 0.2) is 0 Å². The van der Waals surface area contributed by atoms with Crippen LogP contribution < -0.4 is 10.4 Å². The molecule has 0 unspecified atom stereocenters. The van der Waals surface area contributed by atoms with Crippen LogP contribution in [0.2, 0.25) is 0 Å². The molecule has 136 valence electrons. The first-order chi connectivity index (χ1) is 12.8. The first-order valence-corrected chi connectivity index (χ1v) is 10.1. The lowest BCUT2D eigenvalue weighted by atomic mass is 10.2. The van der Waals surface area contributed by atoms with Crippen molar-refractivity contribution in [2.75, 3.05) is 26.3 Å². The van der Waals surface area contributed by atoms with Crippen molar-refractivity contribution in [2.45, 2.75) is 0 Å². The summed E-state index contributed by atoms with van der Waals surface area (Å²) >= 11 is 0. The molecular formula is C18H22N5O2P. The third-order valence-corrected chi connectivity index (χ3v) is 5.77. The Hall–Kier alpha value is -2.47. The predicted octanol–water partition coefficient (Wildman–Crippen LogP) is 2.67. The van der Waals surface area contributed by atoms with E-state index in [1.807, 2.05) is 60.7 Å². The lowest BCUT2D eigenvalue weighted by Gasteiger charge is -2.32. The number of hydrogen-bond donors (Lipinski definition) is 2. The summed E-state index contributed by atoms with van der Waals surface area (Å²) in [5.41, 5.74) is 1.84. The Kier molecular flexibility index (Phi) is 6.55. The van der Waals surface area contributed by atoms with Gasteiger partial charge in [-0.1, -0.05) is 60.7 Å². The molecule has 1 heterocycles. The summed E-state index contributed by atoms with van der Waals surface area (Å²) in [6.07, 6.45) is 3.27. The summed E-state index contributed by atoms with van der Waals surface area (Å²) in [5, 5.41) is 13.9. The SMILES string of the molecule is O=P(N/N=C/c1ccccc1)(N/N=C/c1ccccc1)N1CCOCC1. The molecule has 7 nitrogen and oxygen atoms in total. The van der Waals surface area contributed by atoms with E-state index in [0.717, 1.165) is 11.1 Å². The Morgan fingerprint density at radius 2 is 1.31 bits per heavy atom. The molecule has 0 aliphatic carbocycles. The van der Waals surface area contributed by atoms with E-state index in [9.17, 15) is 4.57 Å².